The van der Waals surface area contributed by atoms with E-state index in [1.54, 1.807) is 4.90 Å². The van der Waals surface area contributed by atoms with Gasteiger partial charge in [0.25, 0.3) is 0 Å². The fraction of sp³-hybridized carbons (Fsp3) is 0.500. The highest BCUT2D eigenvalue weighted by Gasteiger charge is 2.50. The van der Waals surface area contributed by atoms with Gasteiger partial charge in [-0.2, -0.15) is 9.97 Å². The van der Waals surface area contributed by atoms with Crippen molar-refractivity contribution >= 4 is 45.2 Å². The third kappa shape index (κ3) is 6.06. The van der Waals surface area contributed by atoms with E-state index in [1.165, 1.54) is 25.1 Å². The topological polar surface area (TPSA) is 127 Å². The zero-order chi connectivity index (χ0) is 37.6. The van der Waals surface area contributed by atoms with Gasteiger partial charge in [0.2, 0.25) is 0 Å². The molecular formula is C38H41F4N7O4. The van der Waals surface area contributed by atoms with Crippen molar-refractivity contribution in [2.24, 2.45) is 0 Å². The van der Waals surface area contributed by atoms with Crippen LogP contribution in [0.3, 0.4) is 0 Å². The monoisotopic (exact) mass is 735 g/mol. The van der Waals surface area contributed by atoms with Gasteiger partial charge in [0.1, 0.15) is 35.5 Å². The number of Topliss-reactive ketones (excluding diaryl/α,β-unsaturated/α-hetero) is 1. The number of alkyl halides is 1. The largest absolute Gasteiger partial charge is 0.461 e. The van der Waals surface area contributed by atoms with E-state index in [1.807, 2.05) is 25.7 Å². The molecular weight excluding hydrogens is 694 g/mol. The standard InChI is InChI=1S/C38H41F4N7O4/c1-19(50)24-13-25-32(31(42)29(24)33-28-20(12-27(43)44-33)6-9-26(40)30(28)41)45-35(52-18-38-10-5-11-48(38)15-21(39)14-38)46-34(25)47-16-22-7-8-23(17-47)49(22)36(51)53-37(2,3)4/h6,9,12-13,21-23H,5,7-8,10-11,14-18H2,1-4H3,(H2,43,44)/t21-,22-,23+,38+/m1/s1. The molecule has 2 bridgehead atoms. The molecule has 15 heteroatoms. The predicted octanol–water partition coefficient (Wildman–Crippen LogP) is 6.59. The van der Waals surface area contributed by atoms with Crippen molar-refractivity contribution in [3.63, 3.8) is 0 Å². The lowest BCUT2D eigenvalue weighted by atomic mass is 9.94. The van der Waals surface area contributed by atoms with E-state index >= 15 is 8.78 Å². The SMILES string of the molecule is CC(=O)c1cc2c(N3C[C@H]4CC[C@@H](C3)N4C(=O)OC(C)(C)C)nc(OC[C@@]34CCCN3C[C@H](F)C4)nc2c(F)c1-c1nc(N)cc2ccc(F)c(F)c12. The first kappa shape index (κ1) is 35.3. The summed E-state index contributed by atoms with van der Waals surface area (Å²) in [5.41, 5.74) is 3.70. The molecule has 4 aliphatic rings. The molecule has 6 heterocycles. The number of hydrogen-bond donors (Lipinski definition) is 1. The summed E-state index contributed by atoms with van der Waals surface area (Å²) < 4.78 is 74.1. The minimum atomic E-state index is -1.27. The number of nitrogen functional groups attached to an aromatic ring is 1. The summed E-state index contributed by atoms with van der Waals surface area (Å²) in [5.74, 6) is -3.87. The average Bonchev–Trinajstić information content (AvgIpc) is 3.70. The Balaban J connectivity index is 1.28. The predicted molar refractivity (Wildman–Crippen MR) is 190 cm³/mol. The minimum absolute atomic E-state index is 0.0714. The van der Waals surface area contributed by atoms with Gasteiger partial charge in [-0.15, -0.1) is 0 Å². The lowest BCUT2D eigenvalue weighted by Crippen LogP contribution is -2.57. The van der Waals surface area contributed by atoms with Crippen LogP contribution in [0.25, 0.3) is 32.9 Å². The number of aromatic nitrogens is 3. The van der Waals surface area contributed by atoms with E-state index in [0.717, 1.165) is 25.5 Å². The second-order valence-electron chi connectivity index (χ2n) is 15.8. The first-order chi connectivity index (χ1) is 25.1. The van der Waals surface area contributed by atoms with Gasteiger partial charge < -0.3 is 20.1 Å². The molecule has 280 valence electrons. The molecule has 2 N–H and O–H groups in total. The van der Waals surface area contributed by atoms with Gasteiger partial charge in [-0.05, 0) is 83.5 Å². The van der Waals surface area contributed by atoms with Crippen LogP contribution in [0.1, 0.15) is 70.2 Å². The number of anilines is 2. The summed E-state index contributed by atoms with van der Waals surface area (Å²) >= 11 is 0. The number of pyridine rings is 1. The molecule has 1 amide bonds. The van der Waals surface area contributed by atoms with E-state index < -0.39 is 52.2 Å². The number of hydrogen-bond acceptors (Lipinski definition) is 10. The van der Waals surface area contributed by atoms with Crippen molar-refractivity contribution in [1.29, 1.82) is 0 Å². The van der Waals surface area contributed by atoms with Crippen molar-refractivity contribution in [3.8, 4) is 17.3 Å². The number of nitrogens with zero attached hydrogens (tertiary/aromatic N) is 6. The van der Waals surface area contributed by atoms with Crippen molar-refractivity contribution in [3.05, 3.63) is 47.3 Å². The molecule has 0 unspecified atom stereocenters. The molecule has 11 nitrogen and oxygen atoms in total. The Morgan fingerprint density at radius 1 is 1.02 bits per heavy atom. The van der Waals surface area contributed by atoms with Gasteiger partial charge in [-0.25, -0.2) is 27.3 Å². The van der Waals surface area contributed by atoms with Gasteiger partial charge in [0.05, 0.1) is 23.3 Å². The number of ether oxygens (including phenoxy) is 2. The maximum Gasteiger partial charge on any atom is 0.410 e. The molecule has 4 aliphatic heterocycles. The number of halogens is 4. The van der Waals surface area contributed by atoms with Gasteiger partial charge in [-0.1, -0.05) is 6.07 Å². The number of carbonyl (C=O) groups excluding carboxylic acids is 2. The minimum Gasteiger partial charge on any atom is -0.461 e. The van der Waals surface area contributed by atoms with E-state index in [4.69, 9.17) is 20.2 Å². The second-order valence-corrected chi connectivity index (χ2v) is 15.8. The lowest BCUT2D eigenvalue weighted by Gasteiger charge is -2.42. The summed E-state index contributed by atoms with van der Waals surface area (Å²) in [6.45, 7) is 8.43. The highest BCUT2D eigenvalue weighted by molar-refractivity contribution is 6.10. The van der Waals surface area contributed by atoms with Crippen LogP contribution in [0.5, 0.6) is 6.01 Å². The van der Waals surface area contributed by atoms with E-state index in [9.17, 15) is 18.4 Å². The Hall–Kier alpha value is -4.79. The van der Waals surface area contributed by atoms with Crippen LogP contribution in [-0.4, -0.2) is 98.8 Å². The third-order valence-electron chi connectivity index (χ3n) is 11.0. The number of rotatable bonds is 6. The number of nitrogens with two attached hydrogens (primary N) is 1. The normalized spacial score (nSPS) is 24.3. The fourth-order valence-electron chi connectivity index (χ4n) is 8.83. The van der Waals surface area contributed by atoms with Crippen molar-refractivity contribution in [1.82, 2.24) is 24.8 Å². The summed E-state index contributed by atoms with van der Waals surface area (Å²) in [4.78, 5) is 45.9. The summed E-state index contributed by atoms with van der Waals surface area (Å²) in [6, 6.07) is 4.37. The molecule has 4 saturated heterocycles. The molecule has 4 aromatic rings. The van der Waals surface area contributed by atoms with Gasteiger partial charge >= 0.3 is 12.1 Å². The first-order valence-corrected chi connectivity index (χ1v) is 18.0. The van der Waals surface area contributed by atoms with Crippen LogP contribution in [-0.2, 0) is 4.74 Å². The van der Waals surface area contributed by atoms with Crippen molar-refractivity contribution in [2.45, 2.75) is 89.2 Å². The number of ketones is 1. The number of fused-ring (bicyclic) bond motifs is 5. The van der Waals surface area contributed by atoms with E-state index in [2.05, 4.69) is 14.9 Å². The molecule has 4 atom stereocenters. The van der Waals surface area contributed by atoms with E-state index in [-0.39, 0.29) is 69.3 Å². The Morgan fingerprint density at radius 3 is 2.45 bits per heavy atom. The van der Waals surface area contributed by atoms with E-state index in [0.29, 0.717) is 38.9 Å². The lowest BCUT2D eigenvalue weighted by molar-refractivity contribution is 0.0122. The van der Waals surface area contributed by atoms with Gasteiger partial charge in [-0.3, -0.25) is 14.6 Å². The summed E-state index contributed by atoms with van der Waals surface area (Å²) in [6.07, 6.45) is 1.91. The van der Waals surface area contributed by atoms with Gasteiger partial charge in [0.15, 0.2) is 23.2 Å². The Labute approximate surface area is 303 Å². The van der Waals surface area contributed by atoms with Gasteiger partial charge in [0, 0.05) is 48.0 Å². The summed E-state index contributed by atoms with van der Waals surface area (Å²) in [5, 5.41) is -0.00339. The molecule has 8 rings (SSSR count). The maximum absolute atomic E-state index is 17.4. The smallest absolute Gasteiger partial charge is 0.410 e. The van der Waals surface area contributed by atoms with Crippen LogP contribution < -0.4 is 15.4 Å². The number of piperazine rings is 1. The average molecular weight is 736 g/mol. The Kier molecular flexibility index (Phi) is 8.43. The fourth-order valence-corrected chi connectivity index (χ4v) is 8.83. The Morgan fingerprint density at radius 2 is 1.75 bits per heavy atom. The molecule has 0 spiro atoms. The van der Waals surface area contributed by atoms with Crippen LogP contribution in [0, 0.1) is 17.5 Å². The Bertz CT molecular complexity index is 2170. The highest BCUT2D eigenvalue weighted by Crippen LogP contribution is 2.43. The van der Waals surface area contributed by atoms with Crippen LogP contribution in [0.15, 0.2) is 24.3 Å². The third-order valence-corrected chi connectivity index (χ3v) is 11.0. The number of amides is 1. The summed E-state index contributed by atoms with van der Waals surface area (Å²) in [7, 11) is 0. The molecule has 0 aliphatic carbocycles. The molecule has 2 aromatic carbocycles. The number of carbonyl (C=O) groups is 2. The second kappa shape index (κ2) is 12.7. The first-order valence-electron chi connectivity index (χ1n) is 18.0. The maximum atomic E-state index is 17.4. The molecule has 0 saturated carbocycles. The van der Waals surface area contributed by atoms with Crippen LogP contribution in [0.4, 0.5) is 34.0 Å². The zero-order valence-electron chi connectivity index (χ0n) is 30.0. The molecule has 4 fully saturated rings. The molecule has 53 heavy (non-hydrogen) atoms. The molecule has 2 aromatic heterocycles. The van der Waals surface area contributed by atoms with Crippen molar-refractivity contribution in [2.75, 3.05) is 43.4 Å². The quantitative estimate of drug-likeness (QED) is 0.171. The highest BCUT2D eigenvalue weighted by atomic mass is 19.2. The number of benzene rings is 2. The van der Waals surface area contributed by atoms with Crippen molar-refractivity contribution < 1.29 is 36.6 Å². The van der Waals surface area contributed by atoms with Crippen LogP contribution >= 0.6 is 0 Å². The zero-order valence-corrected chi connectivity index (χ0v) is 30.0. The van der Waals surface area contributed by atoms with Crippen LogP contribution in [0.2, 0.25) is 0 Å². The molecule has 0 radical (unpaired) electrons.